The molecule has 1 aromatic heterocycles. The molecule has 2 N–H and O–H groups in total. The van der Waals surface area contributed by atoms with Crippen molar-refractivity contribution in [3.63, 3.8) is 0 Å². The van der Waals surface area contributed by atoms with E-state index in [1.807, 2.05) is 30.3 Å². The van der Waals surface area contributed by atoms with E-state index in [0.717, 1.165) is 5.56 Å². The van der Waals surface area contributed by atoms with Crippen molar-refractivity contribution in [1.82, 2.24) is 9.97 Å². The highest BCUT2D eigenvalue weighted by Gasteiger charge is 2.18. The van der Waals surface area contributed by atoms with Gasteiger partial charge in [0.15, 0.2) is 15.7 Å². The Balaban J connectivity index is 2.31. The molecule has 0 atom stereocenters. The van der Waals surface area contributed by atoms with Crippen LogP contribution in [0, 0.1) is 5.41 Å². The van der Waals surface area contributed by atoms with Crippen molar-refractivity contribution in [2.45, 2.75) is 11.8 Å². The Kier molecular flexibility index (Phi) is 5.05. The summed E-state index contributed by atoms with van der Waals surface area (Å²) in [5.41, 5.74) is 3.38. The predicted octanol–water partition coefficient (Wildman–Crippen LogP) is 3.64. The van der Waals surface area contributed by atoms with Crippen molar-refractivity contribution in [3.05, 3.63) is 60.3 Å². The number of hydrogen-bond donors (Lipinski definition) is 2. The fourth-order valence-electron chi connectivity index (χ4n) is 2.77. The van der Waals surface area contributed by atoms with E-state index in [1.54, 1.807) is 38.2 Å². The van der Waals surface area contributed by atoms with Crippen LogP contribution in [0.15, 0.2) is 59.5 Å². The summed E-state index contributed by atoms with van der Waals surface area (Å²) in [4.78, 5) is 9.46. The summed E-state index contributed by atoms with van der Waals surface area (Å²) in [5, 5.41) is 11.2. The van der Waals surface area contributed by atoms with Crippen LogP contribution >= 0.6 is 0 Å². The molecule has 0 aliphatic heterocycles. The van der Waals surface area contributed by atoms with Gasteiger partial charge >= 0.3 is 0 Å². The van der Waals surface area contributed by atoms with E-state index in [4.69, 9.17) is 5.41 Å². The van der Waals surface area contributed by atoms with Crippen LogP contribution in [0.2, 0.25) is 0 Å². The molecule has 0 aliphatic carbocycles. The molecule has 0 unspecified atom stereocenters. The average molecular weight is 380 g/mol. The lowest BCUT2D eigenvalue weighted by Crippen LogP contribution is -2.09. The van der Waals surface area contributed by atoms with E-state index in [1.165, 1.54) is 6.26 Å². The fourth-order valence-corrected chi connectivity index (χ4v) is 3.43. The van der Waals surface area contributed by atoms with Gasteiger partial charge in [0.05, 0.1) is 22.0 Å². The van der Waals surface area contributed by atoms with Crippen molar-refractivity contribution in [2.24, 2.45) is 0 Å². The summed E-state index contributed by atoms with van der Waals surface area (Å²) in [6.45, 7) is 1.66. The van der Waals surface area contributed by atoms with E-state index in [0.29, 0.717) is 34.2 Å². The Morgan fingerprint density at radius 3 is 2.26 bits per heavy atom. The predicted molar refractivity (Wildman–Crippen MR) is 108 cm³/mol. The molecule has 0 amide bonds. The lowest BCUT2D eigenvalue weighted by Gasteiger charge is -2.15. The summed E-state index contributed by atoms with van der Waals surface area (Å²) < 4.78 is 23.9. The molecule has 0 radical (unpaired) electrons. The van der Waals surface area contributed by atoms with Gasteiger partial charge in [0.2, 0.25) is 0 Å². The molecule has 0 spiro atoms. The maximum absolute atomic E-state index is 12.0. The summed E-state index contributed by atoms with van der Waals surface area (Å²) in [6.07, 6.45) is 1.17. The Hall–Kier alpha value is -3.06. The zero-order chi connectivity index (χ0) is 19.6. The molecule has 0 bridgehead atoms. The number of nitrogens with zero attached hydrogens (tertiary/aromatic N) is 2. The third-order valence-electron chi connectivity index (χ3n) is 4.08. The van der Waals surface area contributed by atoms with Gasteiger partial charge in [0.1, 0.15) is 5.69 Å². The van der Waals surface area contributed by atoms with Crippen molar-refractivity contribution < 1.29 is 8.42 Å². The zero-order valence-corrected chi connectivity index (χ0v) is 16.1. The lowest BCUT2D eigenvalue weighted by molar-refractivity contribution is 0.602. The van der Waals surface area contributed by atoms with Gasteiger partial charge in [-0.15, -0.1) is 0 Å². The topological polar surface area (TPSA) is 95.8 Å². The van der Waals surface area contributed by atoms with Crippen LogP contribution in [0.5, 0.6) is 0 Å². The number of aromatic nitrogens is 2. The molecule has 3 rings (SSSR count). The molecule has 1 heterocycles. The minimum atomic E-state index is -3.35. The van der Waals surface area contributed by atoms with Gasteiger partial charge < -0.3 is 10.7 Å². The Morgan fingerprint density at radius 2 is 1.67 bits per heavy atom. The molecule has 2 aromatic carbocycles. The Labute approximate surface area is 158 Å². The van der Waals surface area contributed by atoms with Crippen LogP contribution < -0.4 is 5.32 Å². The Bertz CT molecular complexity index is 1110. The highest BCUT2D eigenvalue weighted by atomic mass is 32.2. The zero-order valence-electron chi connectivity index (χ0n) is 15.3. The molecule has 6 nitrogen and oxygen atoms in total. The van der Waals surface area contributed by atoms with E-state index < -0.39 is 9.84 Å². The summed E-state index contributed by atoms with van der Waals surface area (Å²) in [6, 6.07) is 16.1. The first-order chi connectivity index (χ1) is 12.8. The summed E-state index contributed by atoms with van der Waals surface area (Å²) in [7, 11) is -1.61. The van der Waals surface area contributed by atoms with Gasteiger partial charge in [-0.25, -0.2) is 18.4 Å². The normalized spacial score (nSPS) is 11.2. The van der Waals surface area contributed by atoms with E-state index in [2.05, 4.69) is 15.3 Å². The number of anilines is 1. The SMILES string of the molecule is CNc1c(C(C)=N)nc(-c2ccccc2)nc1-c1cccc(S(C)(=O)=O)c1. The van der Waals surface area contributed by atoms with Gasteiger partial charge in [-0.1, -0.05) is 42.5 Å². The van der Waals surface area contributed by atoms with Gasteiger partial charge in [-0.2, -0.15) is 0 Å². The molecular weight excluding hydrogens is 360 g/mol. The second kappa shape index (κ2) is 7.28. The van der Waals surface area contributed by atoms with Gasteiger partial charge in [0, 0.05) is 24.4 Å². The molecule has 27 heavy (non-hydrogen) atoms. The fraction of sp³-hybridized carbons (Fsp3) is 0.150. The van der Waals surface area contributed by atoms with Crippen molar-refractivity contribution in [3.8, 4) is 22.6 Å². The van der Waals surface area contributed by atoms with Gasteiger partial charge in [-0.05, 0) is 19.1 Å². The maximum Gasteiger partial charge on any atom is 0.175 e. The Morgan fingerprint density at radius 1 is 1.00 bits per heavy atom. The number of benzene rings is 2. The van der Waals surface area contributed by atoms with Gasteiger partial charge in [0.25, 0.3) is 0 Å². The van der Waals surface area contributed by atoms with Gasteiger partial charge in [-0.3, -0.25) is 0 Å². The van der Waals surface area contributed by atoms with Crippen molar-refractivity contribution in [1.29, 1.82) is 5.41 Å². The van der Waals surface area contributed by atoms with Crippen LogP contribution in [-0.4, -0.2) is 37.4 Å². The highest BCUT2D eigenvalue weighted by Crippen LogP contribution is 2.32. The summed E-state index contributed by atoms with van der Waals surface area (Å²) in [5.74, 6) is 0.482. The quantitative estimate of drug-likeness (QED) is 0.659. The molecule has 0 saturated carbocycles. The first kappa shape index (κ1) is 18.7. The van der Waals surface area contributed by atoms with Crippen LogP contribution in [0.25, 0.3) is 22.6 Å². The second-order valence-corrected chi connectivity index (χ2v) is 8.18. The van der Waals surface area contributed by atoms with E-state index in [-0.39, 0.29) is 4.90 Å². The van der Waals surface area contributed by atoms with Crippen LogP contribution in [0.3, 0.4) is 0 Å². The van der Waals surface area contributed by atoms with E-state index in [9.17, 15) is 8.42 Å². The molecule has 7 heteroatoms. The smallest absolute Gasteiger partial charge is 0.175 e. The maximum atomic E-state index is 12.0. The van der Waals surface area contributed by atoms with Crippen LogP contribution in [0.4, 0.5) is 5.69 Å². The second-order valence-electron chi connectivity index (χ2n) is 6.16. The highest BCUT2D eigenvalue weighted by molar-refractivity contribution is 7.90. The van der Waals surface area contributed by atoms with E-state index >= 15 is 0 Å². The number of sulfone groups is 1. The first-order valence-electron chi connectivity index (χ1n) is 8.32. The van der Waals surface area contributed by atoms with Crippen molar-refractivity contribution >= 4 is 21.2 Å². The lowest BCUT2D eigenvalue weighted by atomic mass is 10.1. The number of hydrogen-bond acceptors (Lipinski definition) is 6. The van der Waals surface area contributed by atoms with Crippen LogP contribution in [-0.2, 0) is 9.84 Å². The van der Waals surface area contributed by atoms with Crippen molar-refractivity contribution in [2.75, 3.05) is 18.6 Å². The molecule has 3 aromatic rings. The monoisotopic (exact) mass is 380 g/mol. The first-order valence-corrected chi connectivity index (χ1v) is 10.2. The molecule has 138 valence electrons. The number of rotatable bonds is 5. The average Bonchev–Trinajstić information content (AvgIpc) is 2.67. The molecule has 0 saturated heterocycles. The largest absolute Gasteiger partial charge is 0.385 e. The van der Waals surface area contributed by atoms with Crippen LogP contribution in [0.1, 0.15) is 12.6 Å². The number of nitrogens with one attached hydrogen (secondary N) is 2. The third-order valence-corrected chi connectivity index (χ3v) is 5.19. The standard InChI is InChI=1S/C20H20N4O2S/c1-13(21)17-19(22-2)18(15-10-7-11-16(12-15)27(3,25)26)24-20(23-17)14-8-5-4-6-9-14/h4-12,21-22H,1-3H3. The summed E-state index contributed by atoms with van der Waals surface area (Å²) >= 11 is 0. The minimum absolute atomic E-state index is 0.218. The third kappa shape index (κ3) is 3.88. The molecular formula is C20H20N4O2S. The molecule has 0 fully saturated rings. The molecule has 0 aliphatic rings. The minimum Gasteiger partial charge on any atom is -0.385 e.